The lowest BCUT2D eigenvalue weighted by atomic mass is 10.1. The number of piperidine rings is 1. The predicted molar refractivity (Wildman–Crippen MR) is 75.5 cm³/mol. The molecule has 1 atom stereocenters. The predicted octanol–water partition coefficient (Wildman–Crippen LogP) is 1.90. The van der Waals surface area contributed by atoms with Crippen molar-refractivity contribution in [1.29, 1.82) is 0 Å². The summed E-state index contributed by atoms with van der Waals surface area (Å²) in [5, 5.41) is 7.51. The normalized spacial score (nSPS) is 20.4. The lowest BCUT2D eigenvalue weighted by molar-refractivity contribution is 0.204. The van der Waals surface area contributed by atoms with Crippen LogP contribution in [0.3, 0.4) is 0 Å². The molecular weight excluding hydrogens is 308 g/mol. The van der Waals surface area contributed by atoms with Gasteiger partial charge in [-0.2, -0.15) is 9.29 Å². The molecular formula is C13H18N4O4S. The smallest absolute Gasteiger partial charge is 0.249 e. The van der Waals surface area contributed by atoms with Gasteiger partial charge in [0.25, 0.3) is 0 Å². The van der Waals surface area contributed by atoms with Gasteiger partial charge in [0.05, 0.1) is 0 Å². The van der Waals surface area contributed by atoms with E-state index in [4.69, 9.17) is 9.05 Å². The van der Waals surface area contributed by atoms with Crippen molar-refractivity contribution in [2.45, 2.75) is 51.0 Å². The van der Waals surface area contributed by atoms with Gasteiger partial charge in [0.15, 0.2) is 11.6 Å². The van der Waals surface area contributed by atoms with Gasteiger partial charge in [-0.1, -0.05) is 16.7 Å². The Kier molecular flexibility index (Phi) is 3.77. The van der Waals surface area contributed by atoms with Crippen molar-refractivity contribution in [2.75, 3.05) is 6.54 Å². The zero-order chi connectivity index (χ0) is 15.9. The van der Waals surface area contributed by atoms with Gasteiger partial charge in [0.1, 0.15) is 16.6 Å². The number of hydrogen-bond donors (Lipinski definition) is 0. The average molecular weight is 326 g/mol. The van der Waals surface area contributed by atoms with Gasteiger partial charge in [0.2, 0.25) is 15.9 Å². The Morgan fingerprint density at radius 2 is 1.91 bits per heavy atom. The van der Waals surface area contributed by atoms with Crippen LogP contribution < -0.4 is 0 Å². The SMILES string of the molecule is Cc1noc([C@@H]2CCCCN2S(=O)(=O)c2c(C)noc2C)n1. The second-order valence-corrected chi connectivity index (χ2v) is 7.29. The van der Waals surface area contributed by atoms with Gasteiger partial charge >= 0.3 is 0 Å². The van der Waals surface area contributed by atoms with Crippen molar-refractivity contribution < 1.29 is 17.5 Å². The summed E-state index contributed by atoms with van der Waals surface area (Å²) in [5.41, 5.74) is 0.364. The quantitative estimate of drug-likeness (QED) is 0.848. The molecule has 0 aromatic carbocycles. The number of aryl methyl sites for hydroxylation is 3. The highest BCUT2D eigenvalue weighted by Crippen LogP contribution is 2.36. The minimum Gasteiger partial charge on any atom is -0.360 e. The van der Waals surface area contributed by atoms with Gasteiger partial charge in [-0.05, 0) is 33.6 Å². The topological polar surface area (TPSA) is 102 Å². The van der Waals surface area contributed by atoms with E-state index in [1.807, 2.05) is 0 Å². The highest BCUT2D eigenvalue weighted by molar-refractivity contribution is 7.89. The van der Waals surface area contributed by atoms with Crippen LogP contribution >= 0.6 is 0 Å². The van der Waals surface area contributed by atoms with Crippen LogP contribution in [0.5, 0.6) is 0 Å². The summed E-state index contributed by atoms with van der Waals surface area (Å²) in [4.78, 5) is 4.34. The number of sulfonamides is 1. The van der Waals surface area contributed by atoms with E-state index in [1.54, 1.807) is 20.8 Å². The summed E-state index contributed by atoms with van der Waals surface area (Å²) in [5.74, 6) is 1.13. The van der Waals surface area contributed by atoms with Crippen molar-refractivity contribution in [3.8, 4) is 0 Å². The Balaban J connectivity index is 2.04. The van der Waals surface area contributed by atoms with Gasteiger partial charge in [-0.25, -0.2) is 8.42 Å². The number of aromatic nitrogens is 3. The van der Waals surface area contributed by atoms with Crippen molar-refractivity contribution in [3.05, 3.63) is 23.2 Å². The average Bonchev–Trinajstić information content (AvgIpc) is 3.05. The summed E-state index contributed by atoms with van der Waals surface area (Å²) in [6, 6.07) is -0.436. The van der Waals surface area contributed by atoms with Crippen LogP contribution in [-0.4, -0.2) is 34.6 Å². The van der Waals surface area contributed by atoms with E-state index >= 15 is 0 Å². The Labute approximate surface area is 128 Å². The standard InChI is InChI=1S/C13H18N4O4S/c1-8-12(9(2)20-15-8)22(18,19)17-7-5-4-6-11(17)13-14-10(3)16-21-13/h11H,4-7H2,1-3H3/t11-/m0/s1. The zero-order valence-electron chi connectivity index (χ0n) is 12.7. The first kappa shape index (κ1) is 15.2. The Morgan fingerprint density at radius 3 is 2.50 bits per heavy atom. The monoisotopic (exact) mass is 326 g/mol. The first-order valence-electron chi connectivity index (χ1n) is 7.16. The van der Waals surface area contributed by atoms with Crippen molar-refractivity contribution in [3.63, 3.8) is 0 Å². The van der Waals surface area contributed by atoms with E-state index in [2.05, 4.69) is 15.3 Å². The summed E-state index contributed by atoms with van der Waals surface area (Å²) < 4.78 is 37.7. The van der Waals surface area contributed by atoms with E-state index in [9.17, 15) is 8.42 Å². The second kappa shape index (κ2) is 5.47. The highest BCUT2D eigenvalue weighted by atomic mass is 32.2. The fourth-order valence-corrected chi connectivity index (χ4v) is 4.79. The maximum atomic E-state index is 13.0. The lowest BCUT2D eigenvalue weighted by Gasteiger charge is -2.32. The van der Waals surface area contributed by atoms with Crippen LogP contribution in [0.15, 0.2) is 13.9 Å². The molecule has 0 aliphatic carbocycles. The molecule has 0 radical (unpaired) electrons. The van der Waals surface area contributed by atoms with Gasteiger partial charge < -0.3 is 9.05 Å². The third-order valence-electron chi connectivity index (χ3n) is 3.82. The molecule has 1 aliphatic heterocycles. The van der Waals surface area contributed by atoms with Crippen molar-refractivity contribution in [2.24, 2.45) is 0 Å². The van der Waals surface area contributed by atoms with Crippen LogP contribution in [-0.2, 0) is 10.0 Å². The van der Waals surface area contributed by atoms with Gasteiger partial charge in [-0.15, -0.1) is 0 Å². The molecule has 1 aliphatic rings. The van der Waals surface area contributed by atoms with Gasteiger partial charge in [-0.3, -0.25) is 0 Å². The van der Waals surface area contributed by atoms with Crippen LogP contribution in [0.2, 0.25) is 0 Å². The Hall–Kier alpha value is -1.74. The molecule has 120 valence electrons. The van der Waals surface area contributed by atoms with Crippen LogP contribution in [0, 0.1) is 20.8 Å². The molecule has 2 aromatic heterocycles. The number of rotatable bonds is 3. The van der Waals surface area contributed by atoms with E-state index in [-0.39, 0.29) is 4.90 Å². The van der Waals surface area contributed by atoms with E-state index in [1.165, 1.54) is 4.31 Å². The molecule has 0 spiro atoms. The molecule has 3 heterocycles. The number of nitrogens with zero attached hydrogens (tertiary/aromatic N) is 4. The van der Waals surface area contributed by atoms with Crippen molar-refractivity contribution in [1.82, 2.24) is 19.6 Å². The molecule has 0 saturated carbocycles. The highest BCUT2D eigenvalue weighted by Gasteiger charge is 2.40. The third-order valence-corrected chi connectivity index (χ3v) is 5.97. The van der Waals surface area contributed by atoms with E-state index < -0.39 is 16.1 Å². The number of hydrogen-bond acceptors (Lipinski definition) is 7. The van der Waals surface area contributed by atoms with Crippen LogP contribution in [0.25, 0.3) is 0 Å². The molecule has 0 N–H and O–H groups in total. The largest absolute Gasteiger partial charge is 0.360 e. The third kappa shape index (κ3) is 2.44. The first-order chi connectivity index (χ1) is 10.4. The molecule has 0 unspecified atom stereocenters. The second-order valence-electron chi connectivity index (χ2n) is 5.46. The van der Waals surface area contributed by atoms with Crippen LogP contribution in [0.4, 0.5) is 0 Å². The van der Waals surface area contributed by atoms with Crippen molar-refractivity contribution >= 4 is 10.0 Å². The summed E-state index contributed by atoms with van der Waals surface area (Å²) in [6.45, 7) is 5.35. The lowest BCUT2D eigenvalue weighted by Crippen LogP contribution is -2.39. The molecule has 9 heteroatoms. The van der Waals surface area contributed by atoms with E-state index in [0.29, 0.717) is 36.1 Å². The summed E-state index contributed by atoms with van der Waals surface area (Å²) >= 11 is 0. The fourth-order valence-electron chi connectivity index (χ4n) is 2.85. The molecule has 1 saturated heterocycles. The van der Waals surface area contributed by atoms with Crippen LogP contribution in [0.1, 0.15) is 48.5 Å². The molecule has 0 amide bonds. The van der Waals surface area contributed by atoms with E-state index in [0.717, 1.165) is 12.8 Å². The van der Waals surface area contributed by atoms with Gasteiger partial charge in [0, 0.05) is 6.54 Å². The minimum absolute atomic E-state index is 0.135. The maximum Gasteiger partial charge on any atom is 0.249 e. The Morgan fingerprint density at radius 1 is 1.14 bits per heavy atom. The molecule has 0 bridgehead atoms. The molecule has 22 heavy (non-hydrogen) atoms. The molecule has 8 nitrogen and oxygen atoms in total. The fraction of sp³-hybridized carbons (Fsp3) is 0.615. The molecule has 3 rings (SSSR count). The Bertz CT molecular complexity index is 760. The molecule has 2 aromatic rings. The first-order valence-corrected chi connectivity index (χ1v) is 8.60. The summed E-state index contributed by atoms with van der Waals surface area (Å²) in [6.07, 6.45) is 2.37. The zero-order valence-corrected chi connectivity index (χ0v) is 13.6. The maximum absolute atomic E-state index is 13.0. The molecule has 1 fully saturated rings. The summed E-state index contributed by atoms with van der Waals surface area (Å²) in [7, 11) is -3.72. The minimum atomic E-state index is -3.72.